The highest BCUT2D eigenvalue weighted by molar-refractivity contribution is 7.30. The number of carbonyl (C=O) groups is 1. The van der Waals surface area contributed by atoms with Gasteiger partial charge < -0.3 is 24.0 Å². The first kappa shape index (κ1) is 22.6. The molecule has 34 heavy (non-hydrogen) atoms. The monoisotopic (exact) mass is 499 g/mol. The molecule has 1 N–H and O–H groups in total. The van der Waals surface area contributed by atoms with Crippen molar-refractivity contribution in [1.29, 1.82) is 0 Å². The van der Waals surface area contributed by atoms with Gasteiger partial charge in [0.05, 0.1) is 41.8 Å². The molecule has 11 heteroatoms. The van der Waals surface area contributed by atoms with E-state index in [1.165, 1.54) is 32.7 Å². The van der Waals surface area contributed by atoms with Crippen molar-refractivity contribution >= 4 is 59.3 Å². The van der Waals surface area contributed by atoms with E-state index in [0.717, 1.165) is 51.7 Å². The summed E-state index contributed by atoms with van der Waals surface area (Å²) in [5.74, 6) is 0.959. The van der Waals surface area contributed by atoms with Gasteiger partial charge in [0.1, 0.15) is 0 Å². The second kappa shape index (κ2) is 9.24. The predicted molar refractivity (Wildman–Crippen MR) is 137 cm³/mol. The van der Waals surface area contributed by atoms with Crippen molar-refractivity contribution in [2.45, 2.75) is 0 Å². The summed E-state index contributed by atoms with van der Waals surface area (Å²) < 4.78 is 18.2. The number of methoxy groups -OCH3 is 3. The van der Waals surface area contributed by atoms with Gasteiger partial charge in [-0.1, -0.05) is 22.7 Å². The van der Waals surface area contributed by atoms with Crippen LogP contribution in [0, 0.1) is 0 Å². The second-order valence-electron chi connectivity index (χ2n) is 7.94. The lowest BCUT2D eigenvalue weighted by Crippen LogP contribution is -2.44. The zero-order valence-electron chi connectivity index (χ0n) is 19.4. The van der Waals surface area contributed by atoms with Crippen LogP contribution in [-0.4, -0.2) is 75.3 Å². The third kappa shape index (κ3) is 4.10. The third-order valence-electron chi connectivity index (χ3n) is 5.82. The van der Waals surface area contributed by atoms with E-state index in [4.69, 9.17) is 19.2 Å². The van der Waals surface area contributed by atoms with Gasteiger partial charge in [-0.3, -0.25) is 10.1 Å². The summed E-state index contributed by atoms with van der Waals surface area (Å²) in [6.45, 7) is 4.00. The summed E-state index contributed by atoms with van der Waals surface area (Å²) in [6.07, 6.45) is 0. The molecule has 0 saturated carbocycles. The molecule has 0 atom stereocenters. The van der Waals surface area contributed by atoms with Crippen LogP contribution < -0.4 is 24.4 Å². The summed E-state index contributed by atoms with van der Waals surface area (Å²) in [5.41, 5.74) is 2.18. The van der Waals surface area contributed by atoms with Crippen LogP contribution in [0.15, 0.2) is 24.3 Å². The Hall–Kier alpha value is -3.15. The number of hydrogen-bond donors (Lipinski definition) is 1. The van der Waals surface area contributed by atoms with Crippen LogP contribution in [-0.2, 0) is 0 Å². The highest BCUT2D eigenvalue weighted by atomic mass is 32.1. The molecule has 0 unspecified atom stereocenters. The number of aromatic nitrogens is 2. The van der Waals surface area contributed by atoms with E-state index in [-0.39, 0.29) is 5.91 Å². The van der Waals surface area contributed by atoms with E-state index in [1.54, 1.807) is 23.5 Å². The van der Waals surface area contributed by atoms with Crippen LogP contribution >= 0.6 is 22.7 Å². The molecule has 0 bridgehead atoms. The van der Waals surface area contributed by atoms with Gasteiger partial charge in [0.25, 0.3) is 5.91 Å². The van der Waals surface area contributed by atoms with Crippen molar-refractivity contribution in [2.75, 3.05) is 64.8 Å². The van der Waals surface area contributed by atoms with E-state index in [2.05, 4.69) is 27.1 Å². The third-order valence-corrected chi connectivity index (χ3v) is 8.10. The highest BCUT2D eigenvalue weighted by Crippen LogP contribution is 2.40. The van der Waals surface area contributed by atoms with Crippen LogP contribution in [0.2, 0.25) is 0 Å². The van der Waals surface area contributed by atoms with Gasteiger partial charge in [0, 0.05) is 31.7 Å². The smallest absolute Gasteiger partial charge is 0.257 e. The molecular formula is C23H25N5O4S2. The fraction of sp³-hybridized carbons (Fsp3) is 0.348. The van der Waals surface area contributed by atoms with Gasteiger partial charge in [0.15, 0.2) is 21.8 Å². The number of hydrogen-bond acceptors (Lipinski definition) is 10. The van der Waals surface area contributed by atoms with E-state index >= 15 is 0 Å². The van der Waals surface area contributed by atoms with Crippen molar-refractivity contribution < 1.29 is 19.0 Å². The molecule has 3 heterocycles. The second-order valence-corrected chi connectivity index (χ2v) is 9.91. The van der Waals surface area contributed by atoms with E-state index < -0.39 is 0 Å². The zero-order valence-corrected chi connectivity index (χ0v) is 21.0. The Morgan fingerprint density at radius 1 is 0.912 bits per heavy atom. The molecule has 5 rings (SSSR count). The van der Waals surface area contributed by atoms with Crippen LogP contribution in [0.5, 0.6) is 17.2 Å². The number of piperazine rings is 1. The maximum absolute atomic E-state index is 13.0. The summed E-state index contributed by atoms with van der Waals surface area (Å²) in [7, 11) is 6.70. The van der Waals surface area contributed by atoms with E-state index in [0.29, 0.717) is 27.9 Å². The lowest BCUT2D eigenvalue weighted by Gasteiger charge is -2.31. The molecule has 0 spiro atoms. The Kier molecular flexibility index (Phi) is 6.15. The molecule has 1 amide bonds. The molecule has 1 aliphatic heterocycles. The van der Waals surface area contributed by atoms with Crippen LogP contribution in [0.3, 0.4) is 0 Å². The Balaban J connectivity index is 1.43. The van der Waals surface area contributed by atoms with Crippen molar-refractivity contribution in [3.63, 3.8) is 0 Å². The van der Waals surface area contributed by atoms with Crippen molar-refractivity contribution in [3.8, 4) is 17.2 Å². The largest absolute Gasteiger partial charge is 0.493 e. The van der Waals surface area contributed by atoms with Gasteiger partial charge in [-0.15, -0.1) is 0 Å². The number of benzene rings is 2. The average molecular weight is 500 g/mol. The number of rotatable bonds is 6. The summed E-state index contributed by atoms with van der Waals surface area (Å²) in [6, 6.07) is 7.19. The number of thiazole rings is 2. The number of ether oxygens (including phenoxy) is 3. The number of nitrogens with one attached hydrogen (secondary N) is 1. The van der Waals surface area contributed by atoms with Crippen molar-refractivity contribution in [3.05, 3.63) is 29.8 Å². The Morgan fingerprint density at radius 3 is 2.15 bits per heavy atom. The zero-order chi connectivity index (χ0) is 23.8. The Morgan fingerprint density at radius 2 is 1.53 bits per heavy atom. The topological polar surface area (TPSA) is 89.0 Å². The number of likely N-dealkylation sites (N-methyl/N-ethyl adjacent to an activating group) is 1. The maximum atomic E-state index is 13.0. The lowest BCUT2D eigenvalue weighted by atomic mass is 10.1. The molecular weight excluding hydrogens is 474 g/mol. The van der Waals surface area contributed by atoms with Crippen molar-refractivity contribution in [1.82, 2.24) is 14.9 Å². The summed E-state index contributed by atoms with van der Waals surface area (Å²) in [4.78, 5) is 27.2. The number of fused-ring (bicyclic) bond motifs is 3. The fourth-order valence-corrected chi connectivity index (χ4v) is 6.13. The molecule has 2 aromatic heterocycles. The maximum Gasteiger partial charge on any atom is 0.257 e. The van der Waals surface area contributed by atoms with E-state index in [1.807, 2.05) is 12.1 Å². The number of anilines is 2. The number of nitrogens with zero attached hydrogens (tertiary/aromatic N) is 4. The van der Waals surface area contributed by atoms with Crippen LogP contribution in [0.1, 0.15) is 10.4 Å². The Bertz CT molecular complexity index is 1340. The fourth-order valence-electron chi connectivity index (χ4n) is 3.93. The first-order valence-corrected chi connectivity index (χ1v) is 12.4. The van der Waals surface area contributed by atoms with E-state index in [9.17, 15) is 4.79 Å². The SMILES string of the molecule is COc1cc(C(=O)Nc2nc3ccc4nc(N5CCN(C)CC5)sc4c3s2)cc(OC)c1OC. The van der Waals surface area contributed by atoms with Gasteiger partial charge in [-0.2, -0.15) is 0 Å². The van der Waals surface area contributed by atoms with Gasteiger partial charge in [0.2, 0.25) is 5.75 Å². The minimum atomic E-state index is -0.308. The first-order valence-electron chi connectivity index (χ1n) is 10.8. The molecule has 1 saturated heterocycles. The summed E-state index contributed by atoms with van der Waals surface area (Å²) >= 11 is 3.14. The molecule has 0 aliphatic carbocycles. The Labute approximate surface area is 204 Å². The van der Waals surface area contributed by atoms with Gasteiger partial charge >= 0.3 is 0 Å². The number of carbonyl (C=O) groups excluding carboxylic acids is 1. The first-order chi connectivity index (χ1) is 16.5. The molecule has 1 aliphatic rings. The standard InChI is InChI=1S/C23H25N5O4S2/c1-27-7-9-28(10-8-27)23-25-15-6-5-14-19(20(15)34-23)33-22(24-14)26-21(29)13-11-16(30-2)18(32-4)17(12-13)31-3/h5-6,11-12H,7-10H2,1-4H3,(H,24,26,29). The molecule has 0 radical (unpaired) electrons. The van der Waals surface area contributed by atoms with Crippen LogP contribution in [0.25, 0.3) is 20.4 Å². The molecule has 4 aromatic rings. The van der Waals surface area contributed by atoms with Crippen molar-refractivity contribution in [2.24, 2.45) is 0 Å². The number of amides is 1. The molecule has 2 aromatic carbocycles. The lowest BCUT2D eigenvalue weighted by molar-refractivity contribution is 0.102. The normalized spacial score (nSPS) is 14.5. The molecule has 1 fully saturated rings. The minimum absolute atomic E-state index is 0.308. The minimum Gasteiger partial charge on any atom is -0.493 e. The molecule has 9 nitrogen and oxygen atoms in total. The average Bonchev–Trinajstić information content (AvgIpc) is 3.47. The summed E-state index contributed by atoms with van der Waals surface area (Å²) in [5, 5.41) is 4.47. The quantitative estimate of drug-likeness (QED) is 0.427. The highest BCUT2D eigenvalue weighted by Gasteiger charge is 2.21. The van der Waals surface area contributed by atoms with Crippen LogP contribution in [0.4, 0.5) is 10.3 Å². The van der Waals surface area contributed by atoms with Gasteiger partial charge in [-0.25, -0.2) is 9.97 Å². The van der Waals surface area contributed by atoms with Gasteiger partial charge in [-0.05, 0) is 31.3 Å². The predicted octanol–water partition coefficient (Wildman–Crippen LogP) is 3.94. The molecule has 178 valence electrons.